The molecule has 0 radical (unpaired) electrons. The van der Waals surface area contributed by atoms with Crippen molar-refractivity contribution in [2.45, 2.75) is 45.8 Å². The van der Waals surface area contributed by atoms with E-state index in [2.05, 4.69) is 10.4 Å². The number of aromatic nitrogens is 2. The Morgan fingerprint density at radius 1 is 1.55 bits per heavy atom. The first-order valence-electron chi connectivity index (χ1n) is 6.86. The normalized spacial score (nSPS) is 19.3. The zero-order valence-corrected chi connectivity index (χ0v) is 11.8. The third-order valence-electron chi connectivity index (χ3n) is 3.40. The first-order valence-corrected chi connectivity index (χ1v) is 6.86. The quantitative estimate of drug-likeness (QED) is 0.791. The highest BCUT2D eigenvalue weighted by molar-refractivity contribution is 5.95. The molecule has 1 aliphatic rings. The lowest BCUT2D eigenvalue weighted by molar-refractivity contribution is -0.129. The molecule has 2 heterocycles. The highest BCUT2D eigenvalue weighted by Crippen LogP contribution is 2.19. The molecule has 0 saturated carbocycles. The molecule has 20 heavy (non-hydrogen) atoms. The molecule has 0 spiro atoms. The topological polar surface area (TPSA) is 99.2 Å². The molecular formula is C13H20N4O3. The van der Waals surface area contributed by atoms with E-state index in [1.54, 1.807) is 6.92 Å². The number of carbonyl (C=O) groups is 2. The second-order valence-corrected chi connectivity index (χ2v) is 4.84. The zero-order valence-electron chi connectivity index (χ0n) is 11.8. The smallest absolute Gasteiger partial charge is 0.359 e. The lowest BCUT2D eigenvalue weighted by Crippen LogP contribution is -2.36. The van der Waals surface area contributed by atoms with Gasteiger partial charge in [0.2, 0.25) is 0 Å². The summed E-state index contributed by atoms with van der Waals surface area (Å²) in [6.07, 6.45) is 1.54. The third-order valence-corrected chi connectivity index (χ3v) is 3.40. The van der Waals surface area contributed by atoms with Gasteiger partial charge in [0.05, 0.1) is 11.4 Å². The van der Waals surface area contributed by atoms with Gasteiger partial charge in [-0.05, 0) is 33.1 Å². The van der Waals surface area contributed by atoms with Crippen LogP contribution < -0.4 is 11.1 Å². The van der Waals surface area contributed by atoms with E-state index >= 15 is 0 Å². The van der Waals surface area contributed by atoms with Gasteiger partial charge in [0, 0.05) is 13.1 Å². The summed E-state index contributed by atoms with van der Waals surface area (Å²) in [5, 5.41) is 6.90. The van der Waals surface area contributed by atoms with Crippen LogP contribution in [0.5, 0.6) is 0 Å². The van der Waals surface area contributed by atoms with Crippen molar-refractivity contribution in [2.24, 2.45) is 0 Å². The molecule has 0 aliphatic carbocycles. The fourth-order valence-corrected chi connectivity index (χ4v) is 2.25. The Labute approximate surface area is 117 Å². The SMILES string of the molecule is CCn1nc(C)c(N)c1C(=O)OC1CCCCNC1=O. The Morgan fingerprint density at radius 2 is 2.30 bits per heavy atom. The van der Waals surface area contributed by atoms with E-state index in [-0.39, 0.29) is 11.6 Å². The molecule has 2 rings (SSSR count). The van der Waals surface area contributed by atoms with Gasteiger partial charge in [0.25, 0.3) is 5.91 Å². The molecule has 1 aromatic heterocycles. The maximum atomic E-state index is 12.2. The van der Waals surface area contributed by atoms with Crippen LogP contribution in [0.15, 0.2) is 0 Å². The molecule has 1 aliphatic heterocycles. The van der Waals surface area contributed by atoms with Crippen molar-refractivity contribution in [2.75, 3.05) is 12.3 Å². The van der Waals surface area contributed by atoms with Gasteiger partial charge < -0.3 is 15.8 Å². The number of nitrogens with one attached hydrogen (secondary N) is 1. The summed E-state index contributed by atoms with van der Waals surface area (Å²) in [6, 6.07) is 0. The Hall–Kier alpha value is -2.05. The van der Waals surface area contributed by atoms with Crippen LogP contribution >= 0.6 is 0 Å². The summed E-state index contributed by atoms with van der Waals surface area (Å²) in [6.45, 7) is 4.73. The number of hydrogen-bond acceptors (Lipinski definition) is 5. The molecule has 1 atom stereocenters. The fraction of sp³-hybridized carbons (Fsp3) is 0.615. The van der Waals surface area contributed by atoms with Crippen LogP contribution in [0.25, 0.3) is 0 Å². The van der Waals surface area contributed by atoms with Gasteiger partial charge in [0.1, 0.15) is 0 Å². The molecular weight excluding hydrogens is 260 g/mol. The second-order valence-electron chi connectivity index (χ2n) is 4.84. The summed E-state index contributed by atoms with van der Waals surface area (Å²) in [5.41, 5.74) is 6.99. The van der Waals surface area contributed by atoms with Crippen LogP contribution in [-0.4, -0.2) is 34.3 Å². The minimum absolute atomic E-state index is 0.224. The van der Waals surface area contributed by atoms with Crippen LogP contribution in [0.4, 0.5) is 5.69 Å². The van der Waals surface area contributed by atoms with Crippen LogP contribution in [0, 0.1) is 6.92 Å². The molecule has 110 valence electrons. The van der Waals surface area contributed by atoms with Gasteiger partial charge in [-0.25, -0.2) is 4.79 Å². The molecule has 0 bridgehead atoms. The average Bonchev–Trinajstić information content (AvgIpc) is 2.58. The van der Waals surface area contributed by atoms with Gasteiger partial charge >= 0.3 is 5.97 Å². The maximum absolute atomic E-state index is 12.2. The monoisotopic (exact) mass is 280 g/mol. The molecule has 1 aromatic rings. The van der Waals surface area contributed by atoms with E-state index < -0.39 is 12.1 Å². The van der Waals surface area contributed by atoms with Gasteiger partial charge in [-0.1, -0.05) is 0 Å². The van der Waals surface area contributed by atoms with Crippen molar-refractivity contribution in [3.63, 3.8) is 0 Å². The van der Waals surface area contributed by atoms with Gasteiger partial charge in [-0.15, -0.1) is 0 Å². The lowest BCUT2D eigenvalue weighted by atomic mass is 10.2. The third kappa shape index (κ3) is 2.76. The molecule has 1 fully saturated rings. The molecule has 7 heteroatoms. The number of ether oxygens (including phenoxy) is 1. The minimum Gasteiger partial charge on any atom is -0.447 e. The molecule has 1 unspecified atom stereocenters. The van der Waals surface area contributed by atoms with Gasteiger partial charge in [-0.2, -0.15) is 5.10 Å². The largest absolute Gasteiger partial charge is 0.447 e. The molecule has 0 aromatic carbocycles. The summed E-state index contributed by atoms with van der Waals surface area (Å²) in [5.74, 6) is -0.833. The fourth-order valence-electron chi connectivity index (χ4n) is 2.25. The number of amides is 1. The maximum Gasteiger partial charge on any atom is 0.359 e. The summed E-state index contributed by atoms with van der Waals surface area (Å²) >= 11 is 0. The van der Waals surface area contributed by atoms with Crippen molar-refractivity contribution >= 4 is 17.6 Å². The van der Waals surface area contributed by atoms with E-state index in [4.69, 9.17) is 10.5 Å². The first kappa shape index (κ1) is 14.4. The first-order chi connectivity index (χ1) is 9.54. The minimum atomic E-state index is -0.745. The molecule has 3 N–H and O–H groups in total. The van der Waals surface area contributed by atoms with E-state index in [1.165, 1.54) is 4.68 Å². The average molecular weight is 280 g/mol. The van der Waals surface area contributed by atoms with Crippen LogP contribution in [0.1, 0.15) is 42.4 Å². The number of carbonyl (C=O) groups excluding carboxylic acids is 2. The summed E-state index contributed by atoms with van der Waals surface area (Å²) in [7, 11) is 0. The predicted molar refractivity (Wildman–Crippen MR) is 73.1 cm³/mol. The molecule has 1 saturated heterocycles. The van der Waals surface area contributed by atoms with Crippen molar-refractivity contribution in [3.05, 3.63) is 11.4 Å². The lowest BCUT2D eigenvalue weighted by Gasteiger charge is -2.15. The second kappa shape index (κ2) is 5.94. The Balaban J connectivity index is 2.17. The number of rotatable bonds is 3. The van der Waals surface area contributed by atoms with E-state index in [9.17, 15) is 9.59 Å². The van der Waals surface area contributed by atoms with E-state index in [0.29, 0.717) is 30.9 Å². The number of nitrogen functional groups attached to an aromatic ring is 1. The zero-order chi connectivity index (χ0) is 14.7. The van der Waals surface area contributed by atoms with Crippen molar-refractivity contribution < 1.29 is 14.3 Å². The number of nitrogens with two attached hydrogens (primary N) is 1. The van der Waals surface area contributed by atoms with E-state index in [0.717, 1.165) is 12.8 Å². The number of esters is 1. The number of hydrogen-bond donors (Lipinski definition) is 2. The van der Waals surface area contributed by atoms with Gasteiger partial charge in [0.15, 0.2) is 11.8 Å². The van der Waals surface area contributed by atoms with Crippen molar-refractivity contribution in [1.29, 1.82) is 0 Å². The van der Waals surface area contributed by atoms with Crippen LogP contribution in [-0.2, 0) is 16.1 Å². The van der Waals surface area contributed by atoms with Crippen LogP contribution in [0.2, 0.25) is 0 Å². The number of nitrogens with zero attached hydrogens (tertiary/aromatic N) is 2. The highest BCUT2D eigenvalue weighted by Gasteiger charge is 2.28. The predicted octanol–water partition coefficient (Wildman–Crippen LogP) is 0.619. The Kier molecular flexibility index (Phi) is 4.26. The molecule has 7 nitrogen and oxygen atoms in total. The van der Waals surface area contributed by atoms with Crippen molar-refractivity contribution in [3.8, 4) is 0 Å². The Morgan fingerprint density at radius 3 is 3.00 bits per heavy atom. The summed E-state index contributed by atoms with van der Waals surface area (Å²) < 4.78 is 6.82. The Bertz CT molecular complexity index is 524. The van der Waals surface area contributed by atoms with E-state index in [1.807, 2.05) is 6.92 Å². The van der Waals surface area contributed by atoms with Crippen LogP contribution in [0.3, 0.4) is 0 Å². The highest BCUT2D eigenvalue weighted by atomic mass is 16.5. The number of aryl methyl sites for hydroxylation is 2. The molecule has 1 amide bonds. The van der Waals surface area contributed by atoms with Gasteiger partial charge in [-0.3, -0.25) is 9.48 Å². The number of anilines is 1. The van der Waals surface area contributed by atoms with Crippen molar-refractivity contribution in [1.82, 2.24) is 15.1 Å². The summed E-state index contributed by atoms with van der Waals surface area (Å²) in [4.78, 5) is 24.0. The standard InChI is InChI=1S/C13H20N4O3/c1-3-17-11(10(14)8(2)16-17)13(19)20-9-6-4-5-7-15-12(9)18/h9H,3-7,14H2,1-2H3,(H,15,18).